The SMILES string of the molecule is CC(=O)c1ccc2c(c1O)CC1(C2)CN(C(=O)C(F)(F)F)C1. The molecule has 3 rings (SSSR count). The Labute approximate surface area is 124 Å². The van der Waals surface area contributed by atoms with Crippen LogP contribution in [0.1, 0.15) is 28.4 Å². The van der Waals surface area contributed by atoms with Gasteiger partial charge in [0.15, 0.2) is 5.78 Å². The summed E-state index contributed by atoms with van der Waals surface area (Å²) >= 11 is 0. The first kappa shape index (κ1) is 14.9. The first-order valence-electron chi connectivity index (χ1n) is 6.84. The van der Waals surface area contributed by atoms with Crippen LogP contribution >= 0.6 is 0 Å². The van der Waals surface area contributed by atoms with Crippen molar-refractivity contribution < 1.29 is 27.9 Å². The number of rotatable bonds is 1. The molecule has 7 heteroatoms. The maximum atomic E-state index is 12.4. The minimum Gasteiger partial charge on any atom is -0.507 e. The highest BCUT2D eigenvalue weighted by molar-refractivity contribution is 5.97. The van der Waals surface area contributed by atoms with E-state index in [4.69, 9.17) is 0 Å². The summed E-state index contributed by atoms with van der Waals surface area (Å²) in [5.41, 5.74) is 1.22. The lowest BCUT2D eigenvalue weighted by Crippen LogP contribution is -2.61. The molecule has 1 spiro atoms. The number of nitrogens with zero attached hydrogens (tertiary/aromatic N) is 1. The van der Waals surface area contributed by atoms with E-state index in [1.54, 1.807) is 6.07 Å². The summed E-state index contributed by atoms with van der Waals surface area (Å²) < 4.78 is 37.2. The summed E-state index contributed by atoms with van der Waals surface area (Å²) in [6.07, 6.45) is -3.95. The van der Waals surface area contributed by atoms with Crippen LogP contribution in [0.5, 0.6) is 5.75 Å². The van der Waals surface area contributed by atoms with Crippen LogP contribution in [0.4, 0.5) is 13.2 Å². The Bertz CT molecular complexity index is 675. The van der Waals surface area contributed by atoms with Gasteiger partial charge in [-0.2, -0.15) is 13.2 Å². The van der Waals surface area contributed by atoms with Crippen molar-refractivity contribution in [2.75, 3.05) is 13.1 Å². The highest BCUT2D eigenvalue weighted by atomic mass is 19.4. The molecule has 22 heavy (non-hydrogen) atoms. The second-order valence-corrected chi connectivity index (χ2v) is 6.17. The number of carbonyl (C=O) groups is 2. The van der Waals surface area contributed by atoms with Gasteiger partial charge in [0, 0.05) is 18.5 Å². The van der Waals surface area contributed by atoms with Gasteiger partial charge in [-0.3, -0.25) is 9.59 Å². The molecule has 0 saturated carbocycles. The van der Waals surface area contributed by atoms with E-state index in [0.717, 1.165) is 10.5 Å². The zero-order chi connectivity index (χ0) is 16.3. The van der Waals surface area contributed by atoms with Gasteiger partial charge in [0.2, 0.25) is 0 Å². The van der Waals surface area contributed by atoms with Gasteiger partial charge in [0.1, 0.15) is 5.75 Å². The maximum Gasteiger partial charge on any atom is 0.471 e. The third kappa shape index (κ3) is 2.15. The van der Waals surface area contributed by atoms with Crippen LogP contribution in [0.3, 0.4) is 0 Å². The molecule has 0 aromatic heterocycles. The van der Waals surface area contributed by atoms with Crippen LogP contribution < -0.4 is 0 Å². The monoisotopic (exact) mass is 313 g/mol. The van der Waals surface area contributed by atoms with E-state index < -0.39 is 17.5 Å². The summed E-state index contributed by atoms with van der Waals surface area (Å²) in [5.74, 6) is -2.16. The molecule has 1 aromatic rings. The third-order valence-corrected chi connectivity index (χ3v) is 4.46. The van der Waals surface area contributed by atoms with Crippen molar-refractivity contribution in [3.8, 4) is 5.75 Å². The topological polar surface area (TPSA) is 57.6 Å². The smallest absolute Gasteiger partial charge is 0.471 e. The van der Waals surface area contributed by atoms with Gasteiger partial charge in [0.25, 0.3) is 0 Å². The molecule has 0 atom stereocenters. The number of Topliss-reactive ketones (excluding diaryl/α,β-unsaturated/α-hetero) is 1. The van der Waals surface area contributed by atoms with Crippen LogP contribution in [-0.2, 0) is 17.6 Å². The molecule has 1 fully saturated rings. The van der Waals surface area contributed by atoms with Crippen LogP contribution in [0.25, 0.3) is 0 Å². The normalized spacial score (nSPS) is 19.0. The number of ketones is 1. The van der Waals surface area contributed by atoms with Gasteiger partial charge in [-0.25, -0.2) is 0 Å². The first-order chi connectivity index (χ1) is 10.1. The van der Waals surface area contributed by atoms with Gasteiger partial charge < -0.3 is 10.0 Å². The molecular weight excluding hydrogens is 299 g/mol. The lowest BCUT2D eigenvalue weighted by molar-refractivity contribution is -0.196. The number of aromatic hydroxyl groups is 1. The predicted octanol–water partition coefficient (Wildman–Crippen LogP) is 2.08. The lowest BCUT2D eigenvalue weighted by Gasteiger charge is -2.48. The minimum absolute atomic E-state index is 0.0227. The molecule has 1 heterocycles. The van der Waals surface area contributed by atoms with Gasteiger partial charge in [-0.15, -0.1) is 0 Å². The fourth-order valence-electron chi connectivity index (χ4n) is 3.48. The highest BCUT2D eigenvalue weighted by Crippen LogP contribution is 2.48. The first-order valence-corrected chi connectivity index (χ1v) is 6.84. The summed E-state index contributed by atoms with van der Waals surface area (Å²) in [5, 5.41) is 10.2. The van der Waals surface area contributed by atoms with Crippen LogP contribution in [0, 0.1) is 5.41 Å². The molecule has 4 nitrogen and oxygen atoms in total. The van der Waals surface area contributed by atoms with Crippen molar-refractivity contribution in [1.29, 1.82) is 0 Å². The van der Waals surface area contributed by atoms with E-state index in [9.17, 15) is 27.9 Å². The number of alkyl halides is 3. The second-order valence-electron chi connectivity index (χ2n) is 6.17. The number of fused-ring (bicyclic) bond motifs is 1. The fraction of sp³-hybridized carbons (Fsp3) is 0.467. The number of phenolic OH excluding ortho intramolecular Hbond substituents is 1. The Morgan fingerprint density at radius 3 is 2.41 bits per heavy atom. The second kappa shape index (κ2) is 4.47. The molecule has 118 valence electrons. The summed E-state index contributed by atoms with van der Waals surface area (Å²) in [4.78, 5) is 23.4. The van der Waals surface area contributed by atoms with E-state index in [1.807, 2.05) is 0 Å². The minimum atomic E-state index is -4.85. The molecule has 1 aliphatic carbocycles. The van der Waals surface area contributed by atoms with Crippen molar-refractivity contribution in [1.82, 2.24) is 4.90 Å². The molecule has 1 amide bonds. The molecular formula is C15H14F3NO3. The van der Waals surface area contributed by atoms with Crippen molar-refractivity contribution in [2.24, 2.45) is 5.41 Å². The number of likely N-dealkylation sites (tertiary alicyclic amines) is 1. The molecule has 1 aromatic carbocycles. The highest BCUT2D eigenvalue weighted by Gasteiger charge is 2.54. The van der Waals surface area contributed by atoms with Crippen molar-refractivity contribution in [3.63, 3.8) is 0 Å². The van der Waals surface area contributed by atoms with E-state index in [1.165, 1.54) is 13.0 Å². The van der Waals surface area contributed by atoms with Crippen LogP contribution in [0.15, 0.2) is 12.1 Å². The van der Waals surface area contributed by atoms with Crippen LogP contribution in [0.2, 0.25) is 0 Å². The van der Waals surface area contributed by atoms with Gasteiger partial charge >= 0.3 is 12.1 Å². The quantitative estimate of drug-likeness (QED) is 0.808. The van der Waals surface area contributed by atoms with Gasteiger partial charge in [0.05, 0.1) is 5.56 Å². The van der Waals surface area contributed by atoms with E-state index in [0.29, 0.717) is 18.4 Å². The van der Waals surface area contributed by atoms with Crippen molar-refractivity contribution in [2.45, 2.75) is 25.9 Å². The predicted molar refractivity (Wildman–Crippen MR) is 70.6 cm³/mol. The Kier molecular flexibility index (Phi) is 3.02. The summed E-state index contributed by atoms with van der Waals surface area (Å²) in [6.45, 7) is 1.39. The standard InChI is InChI=1S/C15H14F3NO3/c1-8(20)10-3-2-9-4-14(5-11(9)12(10)21)6-19(7-14)13(22)15(16,17)18/h2-3,21H,4-7H2,1H3. The van der Waals surface area contributed by atoms with E-state index >= 15 is 0 Å². The molecule has 2 aliphatic rings. The molecule has 0 radical (unpaired) electrons. The van der Waals surface area contributed by atoms with Gasteiger partial charge in [-0.05, 0) is 37.0 Å². The number of carbonyl (C=O) groups excluding carboxylic acids is 2. The summed E-state index contributed by atoms with van der Waals surface area (Å²) in [7, 11) is 0. The Morgan fingerprint density at radius 2 is 1.86 bits per heavy atom. The molecule has 1 saturated heterocycles. The molecule has 1 aliphatic heterocycles. The molecule has 1 N–H and O–H groups in total. The van der Waals surface area contributed by atoms with Crippen LogP contribution in [-0.4, -0.2) is 41.0 Å². The Morgan fingerprint density at radius 1 is 1.23 bits per heavy atom. The third-order valence-electron chi connectivity index (χ3n) is 4.46. The molecule has 0 bridgehead atoms. The maximum absolute atomic E-state index is 12.4. The number of hydrogen-bond donors (Lipinski definition) is 1. The largest absolute Gasteiger partial charge is 0.507 e. The van der Waals surface area contributed by atoms with Crippen molar-refractivity contribution >= 4 is 11.7 Å². The Balaban J connectivity index is 1.78. The van der Waals surface area contributed by atoms with Crippen molar-refractivity contribution in [3.05, 3.63) is 28.8 Å². The zero-order valence-corrected chi connectivity index (χ0v) is 11.8. The average molecular weight is 313 g/mol. The Hall–Kier alpha value is -2.05. The van der Waals surface area contributed by atoms with Gasteiger partial charge in [-0.1, -0.05) is 6.07 Å². The zero-order valence-electron chi connectivity index (χ0n) is 11.8. The average Bonchev–Trinajstić information content (AvgIpc) is 2.75. The fourth-order valence-corrected chi connectivity index (χ4v) is 3.48. The number of amides is 1. The number of halogens is 3. The molecule has 0 unspecified atom stereocenters. The number of benzene rings is 1. The number of phenols is 1. The van der Waals surface area contributed by atoms with E-state index in [-0.39, 0.29) is 30.2 Å². The number of hydrogen-bond acceptors (Lipinski definition) is 3. The lowest BCUT2D eigenvalue weighted by atomic mass is 9.77. The van der Waals surface area contributed by atoms with E-state index in [2.05, 4.69) is 0 Å². The summed E-state index contributed by atoms with van der Waals surface area (Å²) in [6, 6.07) is 3.27.